The highest BCUT2D eigenvalue weighted by molar-refractivity contribution is 5.78. The van der Waals surface area contributed by atoms with Gasteiger partial charge in [0.2, 0.25) is 0 Å². The SMILES string of the molecule is CC.Cc1ccccc1.O=C1CCCCC1. The van der Waals surface area contributed by atoms with E-state index in [4.69, 9.17) is 0 Å². The van der Waals surface area contributed by atoms with Crippen molar-refractivity contribution in [1.82, 2.24) is 0 Å². The first-order valence-corrected chi connectivity index (χ1v) is 6.32. The predicted octanol–water partition coefficient (Wildman–Crippen LogP) is 4.54. The fraction of sp³-hybridized carbons (Fsp3) is 0.533. The van der Waals surface area contributed by atoms with Gasteiger partial charge in [-0.1, -0.05) is 56.2 Å². The van der Waals surface area contributed by atoms with E-state index in [1.165, 1.54) is 12.0 Å². The number of hydrogen-bond donors (Lipinski definition) is 0. The van der Waals surface area contributed by atoms with Crippen LogP contribution in [0, 0.1) is 6.92 Å². The van der Waals surface area contributed by atoms with Crippen LogP contribution in [0.1, 0.15) is 51.5 Å². The van der Waals surface area contributed by atoms with Gasteiger partial charge in [0.1, 0.15) is 5.78 Å². The van der Waals surface area contributed by atoms with E-state index < -0.39 is 0 Å². The molecular weight excluding hydrogens is 196 g/mol. The Hall–Kier alpha value is -1.11. The Balaban J connectivity index is 0.000000244. The molecule has 0 bridgehead atoms. The third-order valence-electron chi connectivity index (χ3n) is 2.35. The molecule has 0 spiro atoms. The summed E-state index contributed by atoms with van der Waals surface area (Å²) in [4.78, 5) is 10.5. The van der Waals surface area contributed by atoms with Gasteiger partial charge in [-0.15, -0.1) is 0 Å². The Bertz CT molecular complexity index is 256. The van der Waals surface area contributed by atoms with Gasteiger partial charge in [-0.2, -0.15) is 0 Å². The van der Waals surface area contributed by atoms with Crippen molar-refractivity contribution in [2.45, 2.75) is 52.9 Å². The van der Waals surface area contributed by atoms with E-state index in [0.29, 0.717) is 5.78 Å². The van der Waals surface area contributed by atoms with Gasteiger partial charge in [-0.05, 0) is 19.8 Å². The maximum atomic E-state index is 10.5. The highest BCUT2D eigenvalue weighted by atomic mass is 16.1. The molecule has 90 valence electrons. The van der Waals surface area contributed by atoms with E-state index >= 15 is 0 Å². The molecule has 1 aromatic carbocycles. The predicted molar refractivity (Wildman–Crippen MR) is 70.6 cm³/mol. The van der Waals surface area contributed by atoms with E-state index in [0.717, 1.165) is 25.7 Å². The maximum Gasteiger partial charge on any atom is 0.132 e. The Morgan fingerprint density at radius 1 is 0.875 bits per heavy atom. The van der Waals surface area contributed by atoms with Gasteiger partial charge < -0.3 is 0 Å². The van der Waals surface area contributed by atoms with Crippen LogP contribution in [0.25, 0.3) is 0 Å². The van der Waals surface area contributed by atoms with Gasteiger partial charge in [-0.25, -0.2) is 0 Å². The van der Waals surface area contributed by atoms with Gasteiger partial charge in [0, 0.05) is 12.8 Å². The quantitative estimate of drug-likeness (QED) is 0.627. The number of benzene rings is 1. The summed E-state index contributed by atoms with van der Waals surface area (Å²) in [6.07, 6.45) is 5.24. The van der Waals surface area contributed by atoms with Crippen molar-refractivity contribution < 1.29 is 4.79 Å². The molecule has 0 saturated heterocycles. The average molecular weight is 220 g/mol. The molecule has 0 aliphatic heterocycles. The van der Waals surface area contributed by atoms with Crippen molar-refractivity contribution in [3.05, 3.63) is 35.9 Å². The van der Waals surface area contributed by atoms with Crippen LogP contribution in [0.15, 0.2) is 30.3 Å². The largest absolute Gasteiger partial charge is 0.300 e. The molecule has 1 aliphatic rings. The number of Topliss-reactive ketones (excluding diaryl/α,β-unsaturated/α-hetero) is 1. The van der Waals surface area contributed by atoms with Gasteiger partial charge in [0.05, 0.1) is 0 Å². The number of hydrogen-bond acceptors (Lipinski definition) is 1. The third kappa shape index (κ3) is 8.22. The lowest BCUT2D eigenvalue weighted by Gasteiger charge is -2.05. The zero-order valence-corrected chi connectivity index (χ0v) is 10.8. The summed E-state index contributed by atoms with van der Waals surface area (Å²) < 4.78 is 0. The van der Waals surface area contributed by atoms with Crippen LogP contribution in [-0.2, 0) is 4.79 Å². The summed E-state index contributed by atoms with van der Waals surface area (Å²) in [5.74, 6) is 0.464. The Morgan fingerprint density at radius 3 is 1.62 bits per heavy atom. The third-order valence-corrected chi connectivity index (χ3v) is 2.35. The lowest BCUT2D eigenvalue weighted by molar-refractivity contribution is -0.120. The van der Waals surface area contributed by atoms with E-state index in [1.54, 1.807) is 0 Å². The minimum atomic E-state index is 0.464. The molecule has 16 heavy (non-hydrogen) atoms. The molecule has 1 aliphatic carbocycles. The van der Waals surface area contributed by atoms with Crippen LogP contribution in [0.4, 0.5) is 0 Å². The minimum absolute atomic E-state index is 0.464. The lowest BCUT2D eigenvalue weighted by atomic mass is 10.00. The molecule has 0 N–H and O–H groups in total. The summed E-state index contributed by atoms with van der Waals surface area (Å²) in [5, 5.41) is 0. The molecular formula is C15H24O. The van der Waals surface area contributed by atoms with Gasteiger partial charge in [0.25, 0.3) is 0 Å². The second-order valence-corrected chi connectivity index (χ2v) is 3.75. The summed E-state index contributed by atoms with van der Waals surface area (Å²) in [6.45, 7) is 6.08. The minimum Gasteiger partial charge on any atom is -0.300 e. The first-order valence-electron chi connectivity index (χ1n) is 6.32. The number of carbonyl (C=O) groups is 1. The van der Waals surface area contributed by atoms with Crippen molar-refractivity contribution >= 4 is 5.78 Å². The molecule has 0 heterocycles. The number of ketones is 1. The van der Waals surface area contributed by atoms with E-state index in [-0.39, 0.29) is 0 Å². The van der Waals surface area contributed by atoms with Crippen molar-refractivity contribution in [3.63, 3.8) is 0 Å². The Kier molecular flexibility index (Phi) is 9.69. The zero-order valence-electron chi connectivity index (χ0n) is 10.8. The number of rotatable bonds is 0. The maximum absolute atomic E-state index is 10.5. The lowest BCUT2D eigenvalue weighted by Crippen LogP contribution is -2.02. The fourth-order valence-electron chi connectivity index (χ4n) is 1.48. The molecule has 0 radical (unpaired) electrons. The topological polar surface area (TPSA) is 17.1 Å². The van der Waals surface area contributed by atoms with Crippen LogP contribution in [0.2, 0.25) is 0 Å². The van der Waals surface area contributed by atoms with Crippen LogP contribution >= 0.6 is 0 Å². The summed E-state index contributed by atoms with van der Waals surface area (Å²) in [7, 11) is 0. The molecule has 1 heteroatoms. The highest BCUT2D eigenvalue weighted by Crippen LogP contribution is 2.12. The van der Waals surface area contributed by atoms with E-state index in [1.807, 2.05) is 32.0 Å². The van der Waals surface area contributed by atoms with Crippen molar-refractivity contribution in [3.8, 4) is 0 Å². The molecule has 1 aromatic rings. The molecule has 1 saturated carbocycles. The summed E-state index contributed by atoms with van der Waals surface area (Å²) in [5.41, 5.74) is 1.32. The van der Waals surface area contributed by atoms with Crippen LogP contribution < -0.4 is 0 Å². The number of aryl methyl sites for hydroxylation is 1. The van der Waals surface area contributed by atoms with E-state index in [2.05, 4.69) is 19.1 Å². The van der Waals surface area contributed by atoms with Gasteiger partial charge in [-0.3, -0.25) is 4.79 Å². The summed E-state index contributed by atoms with van der Waals surface area (Å²) >= 11 is 0. The van der Waals surface area contributed by atoms with Gasteiger partial charge >= 0.3 is 0 Å². The second-order valence-electron chi connectivity index (χ2n) is 3.75. The molecule has 2 rings (SSSR count). The smallest absolute Gasteiger partial charge is 0.132 e. The van der Waals surface area contributed by atoms with E-state index in [9.17, 15) is 4.79 Å². The molecule has 0 unspecified atom stereocenters. The zero-order chi connectivity index (χ0) is 12.2. The molecule has 1 fully saturated rings. The monoisotopic (exact) mass is 220 g/mol. The first-order chi connectivity index (χ1) is 7.79. The molecule has 0 aromatic heterocycles. The van der Waals surface area contributed by atoms with Crippen molar-refractivity contribution in [2.75, 3.05) is 0 Å². The molecule has 0 atom stereocenters. The Labute approximate surface area is 99.9 Å². The number of carbonyl (C=O) groups excluding carboxylic acids is 1. The highest BCUT2D eigenvalue weighted by Gasteiger charge is 2.05. The summed E-state index contributed by atoms with van der Waals surface area (Å²) in [6, 6.07) is 10.3. The first kappa shape index (κ1) is 14.9. The Morgan fingerprint density at radius 2 is 1.38 bits per heavy atom. The van der Waals surface area contributed by atoms with Crippen LogP contribution in [0.5, 0.6) is 0 Å². The van der Waals surface area contributed by atoms with Crippen LogP contribution in [0.3, 0.4) is 0 Å². The molecule has 0 amide bonds. The van der Waals surface area contributed by atoms with Crippen LogP contribution in [-0.4, -0.2) is 5.78 Å². The second kappa shape index (κ2) is 10.4. The van der Waals surface area contributed by atoms with Crippen molar-refractivity contribution in [2.24, 2.45) is 0 Å². The standard InChI is InChI=1S/C7H8.C6H10O.C2H6/c1-7-5-3-2-4-6-7;7-6-4-2-1-3-5-6;1-2/h2-6H,1H3;1-5H2;1-2H3. The van der Waals surface area contributed by atoms with Crippen molar-refractivity contribution in [1.29, 1.82) is 0 Å². The fourth-order valence-corrected chi connectivity index (χ4v) is 1.48. The molecule has 1 nitrogen and oxygen atoms in total. The normalized spacial score (nSPS) is 14.1. The average Bonchev–Trinajstić information content (AvgIpc) is 2.34. The van der Waals surface area contributed by atoms with Gasteiger partial charge in [0.15, 0.2) is 0 Å².